The van der Waals surface area contributed by atoms with Crippen molar-refractivity contribution in [2.24, 2.45) is 0 Å². The summed E-state index contributed by atoms with van der Waals surface area (Å²) in [4.78, 5) is 13.2. The Labute approximate surface area is 235 Å². The summed E-state index contributed by atoms with van der Waals surface area (Å²) in [6.07, 6.45) is -13.2. The maximum Gasteiger partial charge on any atom is 0.189 e. The molecular formula is C28H34O13. The van der Waals surface area contributed by atoms with Gasteiger partial charge in [0.25, 0.3) is 0 Å². The highest BCUT2D eigenvalue weighted by Crippen LogP contribution is 2.39. The molecule has 0 bridgehead atoms. The zero-order valence-corrected chi connectivity index (χ0v) is 22.0. The Morgan fingerprint density at radius 2 is 1.54 bits per heavy atom. The minimum Gasteiger partial charge on any atom is -0.507 e. The Kier molecular flexibility index (Phi) is 10.1. The van der Waals surface area contributed by atoms with E-state index in [1.54, 1.807) is 24.3 Å². The number of phenols is 1. The third kappa shape index (κ3) is 6.44. The lowest BCUT2D eigenvalue weighted by atomic mass is 9.87. The molecule has 13 heteroatoms. The minimum absolute atomic E-state index is 0.0330. The average Bonchev–Trinajstić information content (AvgIpc) is 2.98. The van der Waals surface area contributed by atoms with Crippen LogP contribution in [0, 0.1) is 0 Å². The molecule has 2 saturated heterocycles. The third-order valence-corrected chi connectivity index (χ3v) is 7.17. The van der Waals surface area contributed by atoms with Gasteiger partial charge in [-0.3, -0.25) is 4.79 Å². The van der Waals surface area contributed by atoms with Crippen molar-refractivity contribution >= 4 is 11.9 Å². The lowest BCUT2D eigenvalue weighted by Crippen LogP contribution is -2.63. The summed E-state index contributed by atoms with van der Waals surface area (Å²) >= 11 is 0. The van der Waals surface area contributed by atoms with Crippen LogP contribution in [0.4, 0.5) is 0 Å². The van der Waals surface area contributed by atoms with Gasteiger partial charge in [0.2, 0.25) is 0 Å². The van der Waals surface area contributed by atoms with Crippen LogP contribution in [-0.4, -0.2) is 122 Å². The minimum atomic E-state index is -1.80. The lowest BCUT2D eigenvalue weighted by Gasteiger charge is -2.46. The number of benzene rings is 2. The predicted octanol–water partition coefficient (Wildman–Crippen LogP) is -1.36. The molecule has 0 radical (unpaired) electrons. The second-order valence-electron chi connectivity index (χ2n) is 9.77. The first kappa shape index (κ1) is 31.0. The van der Waals surface area contributed by atoms with Crippen molar-refractivity contribution in [2.45, 2.75) is 61.2 Å². The fourth-order valence-corrected chi connectivity index (χ4v) is 4.88. The number of carbonyl (C=O) groups is 1. The maximum absolute atomic E-state index is 13.2. The van der Waals surface area contributed by atoms with Gasteiger partial charge in [0, 0.05) is 0 Å². The van der Waals surface area contributed by atoms with E-state index >= 15 is 0 Å². The van der Waals surface area contributed by atoms with Gasteiger partial charge in [0.15, 0.2) is 12.1 Å². The van der Waals surface area contributed by atoms with Crippen LogP contribution in [0.5, 0.6) is 11.5 Å². The number of carbonyl (C=O) groups excluding carboxylic acids is 1. The monoisotopic (exact) mass is 578 g/mol. The second-order valence-corrected chi connectivity index (χ2v) is 9.77. The van der Waals surface area contributed by atoms with Gasteiger partial charge in [0.05, 0.1) is 25.9 Å². The van der Waals surface area contributed by atoms with Crippen LogP contribution in [0.3, 0.4) is 0 Å². The van der Waals surface area contributed by atoms with Crippen molar-refractivity contribution in [2.75, 3.05) is 20.3 Å². The second kappa shape index (κ2) is 13.4. The first-order valence-electron chi connectivity index (χ1n) is 12.9. The molecular weight excluding hydrogens is 544 g/mol. The number of ketones is 1. The number of aliphatic hydroxyl groups excluding tert-OH is 7. The van der Waals surface area contributed by atoms with Gasteiger partial charge in [-0.2, -0.15) is 0 Å². The Balaban J connectivity index is 1.57. The van der Waals surface area contributed by atoms with Crippen LogP contribution in [0.15, 0.2) is 48.5 Å². The number of ether oxygens (including phenoxy) is 4. The normalized spacial score (nSPS) is 34.0. The largest absolute Gasteiger partial charge is 0.507 e. The smallest absolute Gasteiger partial charge is 0.189 e. The summed E-state index contributed by atoms with van der Waals surface area (Å²) in [6, 6.07) is 11.0. The molecule has 10 atom stereocenters. The summed E-state index contributed by atoms with van der Waals surface area (Å²) in [5, 5.41) is 82.4. The fourth-order valence-electron chi connectivity index (χ4n) is 4.88. The molecule has 8 N–H and O–H groups in total. The van der Waals surface area contributed by atoms with Crippen LogP contribution in [0.2, 0.25) is 0 Å². The molecule has 0 spiro atoms. The molecule has 0 saturated carbocycles. The van der Waals surface area contributed by atoms with E-state index in [1.807, 2.05) is 0 Å². The van der Waals surface area contributed by atoms with E-state index in [4.69, 9.17) is 18.9 Å². The Bertz CT molecular complexity index is 1200. The highest BCUT2D eigenvalue weighted by Gasteiger charge is 2.51. The van der Waals surface area contributed by atoms with Crippen LogP contribution in [-0.2, 0) is 14.2 Å². The van der Waals surface area contributed by atoms with Gasteiger partial charge in [-0.1, -0.05) is 30.3 Å². The van der Waals surface area contributed by atoms with Gasteiger partial charge in [-0.05, 0) is 35.4 Å². The van der Waals surface area contributed by atoms with Crippen LogP contribution < -0.4 is 4.74 Å². The standard InChI is InChI=1S/C28H34O13/c1-38-14-8-5-13(6-9-14)7-10-17(32)20-15(3-2-4-16(20)31)26-23(35)24(36)27(19(12-30)39-26)41-28-25(37)22(34)21(33)18(11-29)40-28/h2-10,18-19,21-31,33-37H,11-12H2,1H3/b10-7+/t18-,19-,21-,22+,23-,24-,25-,26+,27-,28+/m1/s1. The highest BCUT2D eigenvalue weighted by molar-refractivity contribution is 6.09. The molecule has 0 unspecified atom stereocenters. The number of rotatable bonds is 9. The molecule has 2 fully saturated rings. The molecule has 2 aliphatic rings. The van der Waals surface area contributed by atoms with Gasteiger partial charge < -0.3 is 59.8 Å². The van der Waals surface area contributed by atoms with E-state index in [1.165, 1.54) is 37.5 Å². The number of aromatic hydroxyl groups is 1. The Morgan fingerprint density at radius 1 is 0.854 bits per heavy atom. The molecule has 2 heterocycles. The summed E-state index contributed by atoms with van der Waals surface area (Å²) in [5.74, 6) is -0.400. The molecule has 0 amide bonds. The number of allylic oxidation sites excluding steroid dienone is 1. The zero-order valence-electron chi connectivity index (χ0n) is 22.0. The van der Waals surface area contributed by atoms with Gasteiger partial charge >= 0.3 is 0 Å². The van der Waals surface area contributed by atoms with Crippen molar-refractivity contribution in [1.82, 2.24) is 0 Å². The van der Waals surface area contributed by atoms with E-state index in [-0.39, 0.29) is 11.1 Å². The maximum atomic E-state index is 13.2. The van der Waals surface area contributed by atoms with E-state index in [2.05, 4.69) is 0 Å². The number of hydrogen-bond acceptors (Lipinski definition) is 13. The highest BCUT2D eigenvalue weighted by atomic mass is 16.7. The average molecular weight is 579 g/mol. The van der Waals surface area contributed by atoms with E-state index in [9.17, 15) is 45.6 Å². The Morgan fingerprint density at radius 3 is 2.17 bits per heavy atom. The van der Waals surface area contributed by atoms with E-state index < -0.39 is 86.0 Å². The molecule has 0 aliphatic carbocycles. The SMILES string of the molecule is COc1ccc(/C=C/C(=O)c2c(O)cccc2[C@@H]2O[C@H](CO)[C@@H](O[C@@H]3O[C@H](CO)[C@@H](O)[C@H](O)[C@H]3O)[C@H](O)[C@H]2O)cc1. The van der Waals surface area contributed by atoms with Gasteiger partial charge in [0.1, 0.15) is 66.4 Å². The van der Waals surface area contributed by atoms with Gasteiger partial charge in [-0.25, -0.2) is 0 Å². The fraction of sp³-hybridized carbons (Fsp3) is 0.464. The number of methoxy groups -OCH3 is 1. The molecule has 224 valence electrons. The molecule has 2 aromatic rings. The summed E-state index contributed by atoms with van der Waals surface area (Å²) in [5.41, 5.74) is 0.512. The number of aliphatic hydroxyl groups is 7. The van der Waals surface area contributed by atoms with Crippen molar-refractivity contribution in [3.8, 4) is 11.5 Å². The predicted molar refractivity (Wildman–Crippen MR) is 140 cm³/mol. The van der Waals surface area contributed by atoms with Crippen molar-refractivity contribution in [3.63, 3.8) is 0 Å². The Hall–Kier alpha value is -2.95. The van der Waals surface area contributed by atoms with Crippen molar-refractivity contribution in [1.29, 1.82) is 0 Å². The van der Waals surface area contributed by atoms with Gasteiger partial charge in [-0.15, -0.1) is 0 Å². The molecule has 2 aromatic carbocycles. The summed E-state index contributed by atoms with van der Waals surface area (Å²) in [7, 11) is 1.53. The van der Waals surface area contributed by atoms with Crippen LogP contribution in [0.1, 0.15) is 27.6 Å². The van der Waals surface area contributed by atoms with E-state index in [0.717, 1.165) is 0 Å². The molecule has 13 nitrogen and oxygen atoms in total. The van der Waals surface area contributed by atoms with Crippen molar-refractivity contribution < 1.29 is 64.6 Å². The number of hydrogen-bond donors (Lipinski definition) is 8. The van der Waals surface area contributed by atoms with Crippen molar-refractivity contribution in [3.05, 3.63) is 65.2 Å². The summed E-state index contributed by atoms with van der Waals surface area (Å²) in [6.45, 7) is -1.47. The molecule has 2 aliphatic heterocycles. The van der Waals surface area contributed by atoms with E-state index in [0.29, 0.717) is 11.3 Å². The van der Waals surface area contributed by atoms with Crippen LogP contribution >= 0.6 is 0 Å². The lowest BCUT2D eigenvalue weighted by molar-refractivity contribution is -0.342. The quantitative estimate of drug-likeness (QED) is 0.128. The van der Waals surface area contributed by atoms with Crippen LogP contribution in [0.25, 0.3) is 6.08 Å². The topological polar surface area (TPSA) is 216 Å². The molecule has 41 heavy (non-hydrogen) atoms. The molecule has 4 rings (SSSR count). The first-order valence-corrected chi connectivity index (χ1v) is 12.9. The first-order chi connectivity index (χ1) is 19.6. The third-order valence-electron chi connectivity index (χ3n) is 7.17. The molecule has 0 aromatic heterocycles. The summed E-state index contributed by atoms with van der Waals surface area (Å²) < 4.78 is 21.9. The number of phenolic OH excluding ortho intramolecular Hbond substituents is 1. The zero-order chi connectivity index (χ0) is 29.8.